The van der Waals surface area contributed by atoms with E-state index in [0.717, 1.165) is 67.5 Å². The summed E-state index contributed by atoms with van der Waals surface area (Å²) in [6.07, 6.45) is 6.58. The first-order chi connectivity index (χ1) is 14.6. The first-order valence-corrected chi connectivity index (χ1v) is 11.6. The van der Waals surface area contributed by atoms with Crippen LogP contribution >= 0.6 is 11.8 Å². The number of nitrogens with one attached hydrogen (secondary N) is 1. The highest BCUT2D eigenvalue weighted by molar-refractivity contribution is 7.99. The van der Waals surface area contributed by atoms with Gasteiger partial charge in [-0.2, -0.15) is 5.26 Å². The van der Waals surface area contributed by atoms with E-state index in [0.29, 0.717) is 17.9 Å². The van der Waals surface area contributed by atoms with Gasteiger partial charge in [0, 0.05) is 25.3 Å². The van der Waals surface area contributed by atoms with Gasteiger partial charge in [-0.25, -0.2) is 0 Å². The largest absolute Gasteiger partial charge is 0.376 e. The SMILES string of the molecule is Cc1c(C#N)c(NC(=O)CSc2nnc3n2CCCCC3)n(C[C@@H]2CCCO2)c1C. The Morgan fingerprint density at radius 1 is 1.30 bits per heavy atom. The lowest BCUT2D eigenvalue weighted by molar-refractivity contribution is -0.113. The highest BCUT2D eigenvalue weighted by Crippen LogP contribution is 2.29. The standard InChI is InChI=1S/C21H28N6O2S/c1-14-15(2)27(12-16-7-6-10-29-16)20(17(14)11-22)23-19(28)13-30-21-25-24-18-8-4-3-5-9-26(18)21/h16H,3-10,12-13H2,1-2H3,(H,23,28)/t16-/m0/s1. The van der Waals surface area contributed by atoms with E-state index in [1.165, 1.54) is 18.2 Å². The summed E-state index contributed by atoms with van der Waals surface area (Å²) in [7, 11) is 0. The van der Waals surface area contributed by atoms with E-state index >= 15 is 0 Å². The van der Waals surface area contributed by atoms with Gasteiger partial charge >= 0.3 is 0 Å². The van der Waals surface area contributed by atoms with Gasteiger partial charge in [0.25, 0.3) is 0 Å². The summed E-state index contributed by atoms with van der Waals surface area (Å²) in [5.74, 6) is 1.67. The summed E-state index contributed by atoms with van der Waals surface area (Å²) in [4.78, 5) is 12.8. The van der Waals surface area contributed by atoms with Crippen LogP contribution in [-0.2, 0) is 29.0 Å². The van der Waals surface area contributed by atoms with Gasteiger partial charge in [-0.3, -0.25) is 4.79 Å². The summed E-state index contributed by atoms with van der Waals surface area (Å²) in [5, 5.41) is 22.0. The molecule has 0 radical (unpaired) electrons. The Bertz CT molecular complexity index is 967. The number of anilines is 1. The molecule has 9 heteroatoms. The highest BCUT2D eigenvalue weighted by atomic mass is 32.2. The third kappa shape index (κ3) is 4.25. The molecular weight excluding hydrogens is 400 g/mol. The van der Waals surface area contributed by atoms with Crippen molar-refractivity contribution in [2.24, 2.45) is 0 Å². The number of carbonyl (C=O) groups is 1. The molecule has 4 heterocycles. The Morgan fingerprint density at radius 3 is 2.93 bits per heavy atom. The zero-order valence-electron chi connectivity index (χ0n) is 17.6. The molecule has 2 aliphatic heterocycles. The summed E-state index contributed by atoms with van der Waals surface area (Å²) in [6, 6.07) is 2.26. The molecule has 160 valence electrons. The zero-order valence-corrected chi connectivity index (χ0v) is 18.4. The average Bonchev–Trinajstić information content (AvgIpc) is 3.39. The Morgan fingerprint density at radius 2 is 2.17 bits per heavy atom. The second kappa shape index (κ2) is 9.23. The van der Waals surface area contributed by atoms with Gasteiger partial charge in [0.05, 0.1) is 24.0 Å². The molecule has 8 nitrogen and oxygen atoms in total. The molecule has 1 fully saturated rings. The van der Waals surface area contributed by atoms with E-state index < -0.39 is 0 Å². The first-order valence-electron chi connectivity index (χ1n) is 10.6. The second-order valence-corrected chi connectivity index (χ2v) is 8.93. The molecule has 4 rings (SSSR count). The van der Waals surface area contributed by atoms with Crippen molar-refractivity contribution in [1.29, 1.82) is 5.26 Å². The van der Waals surface area contributed by atoms with Crippen molar-refractivity contribution in [3.63, 3.8) is 0 Å². The normalized spacial score (nSPS) is 18.6. The van der Waals surface area contributed by atoms with Gasteiger partial charge in [0.2, 0.25) is 5.91 Å². The van der Waals surface area contributed by atoms with Gasteiger partial charge in [-0.1, -0.05) is 18.2 Å². The van der Waals surface area contributed by atoms with E-state index in [2.05, 4.69) is 26.2 Å². The quantitative estimate of drug-likeness (QED) is 0.710. The van der Waals surface area contributed by atoms with Crippen LogP contribution in [0.15, 0.2) is 5.16 Å². The lowest BCUT2D eigenvalue weighted by Gasteiger charge is -2.16. The number of nitrogens with zero attached hydrogens (tertiary/aromatic N) is 5. The van der Waals surface area contributed by atoms with Crippen LogP contribution in [0.5, 0.6) is 0 Å². The van der Waals surface area contributed by atoms with E-state index in [-0.39, 0.29) is 17.8 Å². The second-order valence-electron chi connectivity index (χ2n) is 7.99. The van der Waals surface area contributed by atoms with Crippen LogP contribution < -0.4 is 5.32 Å². The van der Waals surface area contributed by atoms with E-state index in [4.69, 9.17) is 4.74 Å². The fourth-order valence-corrected chi connectivity index (χ4v) is 5.00. The summed E-state index contributed by atoms with van der Waals surface area (Å²) in [5.41, 5.74) is 2.43. The summed E-state index contributed by atoms with van der Waals surface area (Å²) in [6.45, 7) is 6.25. The van der Waals surface area contributed by atoms with Crippen molar-refractivity contribution in [2.75, 3.05) is 17.7 Å². The number of fused-ring (bicyclic) bond motifs is 1. The molecule has 2 aliphatic rings. The monoisotopic (exact) mass is 428 g/mol. The van der Waals surface area contributed by atoms with E-state index in [1.54, 1.807) is 0 Å². The molecule has 0 saturated carbocycles. The van der Waals surface area contributed by atoms with Crippen LogP contribution in [-0.4, -0.2) is 43.7 Å². The molecule has 1 atom stereocenters. The molecule has 0 aromatic carbocycles. The lowest BCUT2D eigenvalue weighted by atomic mass is 10.2. The molecule has 2 aromatic rings. The minimum atomic E-state index is -0.145. The number of hydrogen-bond acceptors (Lipinski definition) is 6. The number of rotatable bonds is 6. The van der Waals surface area contributed by atoms with Crippen molar-refractivity contribution in [3.05, 3.63) is 22.6 Å². The van der Waals surface area contributed by atoms with Gasteiger partial charge < -0.3 is 19.2 Å². The van der Waals surface area contributed by atoms with Crippen LogP contribution in [0.2, 0.25) is 0 Å². The van der Waals surface area contributed by atoms with Crippen LogP contribution in [0.4, 0.5) is 5.82 Å². The molecule has 2 aromatic heterocycles. The van der Waals surface area contributed by atoms with Gasteiger partial charge in [-0.15, -0.1) is 10.2 Å². The summed E-state index contributed by atoms with van der Waals surface area (Å²) >= 11 is 1.40. The number of nitriles is 1. The molecular formula is C21H28N6O2S. The number of ether oxygens (including phenoxy) is 1. The molecule has 1 saturated heterocycles. The number of carbonyl (C=O) groups excluding carboxylic acids is 1. The first kappa shape index (κ1) is 20.9. The zero-order chi connectivity index (χ0) is 21.1. The maximum atomic E-state index is 12.8. The molecule has 1 amide bonds. The predicted octanol–water partition coefficient (Wildman–Crippen LogP) is 3.20. The number of amides is 1. The Kier molecular flexibility index (Phi) is 6.44. The molecule has 0 aliphatic carbocycles. The predicted molar refractivity (Wildman–Crippen MR) is 115 cm³/mol. The number of thioether (sulfide) groups is 1. The van der Waals surface area contributed by atoms with Crippen LogP contribution in [0.1, 0.15) is 54.7 Å². The van der Waals surface area contributed by atoms with Crippen molar-refractivity contribution >= 4 is 23.5 Å². The Labute approximate surface area is 181 Å². The van der Waals surface area contributed by atoms with Crippen molar-refractivity contribution in [1.82, 2.24) is 19.3 Å². The van der Waals surface area contributed by atoms with Gasteiger partial charge in [-0.05, 0) is 45.1 Å². The molecule has 1 N–H and O–H groups in total. The smallest absolute Gasteiger partial charge is 0.235 e. The maximum absolute atomic E-state index is 12.8. The summed E-state index contributed by atoms with van der Waals surface area (Å²) < 4.78 is 9.94. The van der Waals surface area contributed by atoms with Crippen molar-refractivity contribution in [2.45, 2.75) is 76.7 Å². The Balaban J connectivity index is 1.47. The third-order valence-corrected chi connectivity index (χ3v) is 6.98. The topological polar surface area (TPSA) is 97.8 Å². The third-order valence-electron chi connectivity index (χ3n) is 6.02. The average molecular weight is 429 g/mol. The number of aromatic nitrogens is 4. The van der Waals surface area contributed by atoms with Crippen LogP contribution in [0.3, 0.4) is 0 Å². The molecule has 0 spiro atoms. The van der Waals surface area contributed by atoms with Crippen LogP contribution in [0.25, 0.3) is 0 Å². The lowest BCUT2D eigenvalue weighted by Crippen LogP contribution is -2.22. The van der Waals surface area contributed by atoms with E-state index in [1.807, 2.05) is 18.4 Å². The minimum Gasteiger partial charge on any atom is -0.376 e. The van der Waals surface area contributed by atoms with Gasteiger partial charge in [0.15, 0.2) is 5.16 Å². The minimum absolute atomic E-state index is 0.124. The molecule has 0 bridgehead atoms. The van der Waals surface area contributed by atoms with Crippen molar-refractivity contribution < 1.29 is 9.53 Å². The maximum Gasteiger partial charge on any atom is 0.235 e. The van der Waals surface area contributed by atoms with Gasteiger partial charge in [0.1, 0.15) is 17.7 Å². The highest BCUT2D eigenvalue weighted by Gasteiger charge is 2.24. The van der Waals surface area contributed by atoms with Crippen LogP contribution in [0, 0.1) is 25.2 Å². The fourth-order valence-electron chi connectivity index (χ4n) is 4.21. The fraction of sp³-hybridized carbons (Fsp3) is 0.619. The van der Waals surface area contributed by atoms with Crippen molar-refractivity contribution in [3.8, 4) is 6.07 Å². The molecule has 30 heavy (non-hydrogen) atoms. The van der Waals surface area contributed by atoms with E-state index in [9.17, 15) is 10.1 Å². The molecule has 0 unspecified atom stereocenters. The number of hydrogen-bond donors (Lipinski definition) is 1. The Hall–Kier alpha value is -2.31. The number of aryl methyl sites for hydroxylation is 1.